The second-order valence-corrected chi connectivity index (χ2v) is 5.65. The Labute approximate surface area is 100 Å². The summed E-state index contributed by atoms with van der Waals surface area (Å²) in [5, 5.41) is 3.77. The maximum Gasteiger partial charge on any atom is 0.0469 e. The number of hydrogen-bond donors (Lipinski definition) is 1. The summed E-state index contributed by atoms with van der Waals surface area (Å²) in [4.78, 5) is 0. The van der Waals surface area contributed by atoms with Crippen LogP contribution in [0.2, 0.25) is 0 Å². The van der Waals surface area contributed by atoms with Crippen molar-refractivity contribution < 1.29 is 4.74 Å². The van der Waals surface area contributed by atoms with Gasteiger partial charge in [-0.05, 0) is 51.0 Å². The lowest BCUT2D eigenvalue weighted by molar-refractivity contribution is 0.0646. The molecule has 1 heterocycles. The zero-order valence-corrected chi connectivity index (χ0v) is 10.7. The van der Waals surface area contributed by atoms with Crippen LogP contribution in [0.25, 0.3) is 0 Å². The molecule has 0 unspecified atom stereocenters. The third kappa shape index (κ3) is 3.74. The lowest BCUT2D eigenvalue weighted by atomic mass is 9.84. The Bertz CT molecular complexity index is 183. The van der Waals surface area contributed by atoms with Crippen molar-refractivity contribution in [1.82, 2.24) is 5.32 Å². The Hall–Kier alpha value is -0.0800. The topological polar surface area (TPSA) is 21.3 Å². The number of rotatable bonds is 4. The maximum absolute atomic E-state index is 5.40. The molecule has 0 radical (unpaired) electrons. The van der Waals surface area contributed by atoms with E-state index in [2.05, 4.69) is 12.2 Å². The summed E-state index contributed by atoms with van der Waals surface area (Å²) in [6.07, 6.45) is 9.77. The van der Waals surface area contributed by atoms with Gasteiger partial charge < -0.3 is 10.1 Å². The zero-order valence-electron chi connectivity index (χ0n) is 10.7. The monoisotopic (exact) mass is 225 g/mol. The van der Waals surface area contributed by atoms with Gasteiger partial charge in [0.05, 0.1) is 0 Å². The Morgan fingerprint density at radius 3 is 2.44 bits per heavy atom. The molecule has 1 N–H and O–H groups in total. The Morgan fingerprint density at radius 2 is 1.75 bits per heavy atom. The molecule has 2 fully saturated rings. The minimum Gasteiger partial charge on any atom is -0.381 e. The molecular weight excluding hydrogens is 198 g/mol. The largest absolute Gasteiger partial charge is 0.381 e. The van der Waals surface area contributed by atoms with E-state index in [1.807, 2.05) is 0 Å². The first kappa shape index (κ1) is 12.4. The molecule has 2 aliphatic rings. The summed E-state index contributed by atoms with van der Waals surface area (Å²) in [6.45, 7) is 5.55. The Morgan fingerprint density at radius 1 is 1.06 bits per heavy atom. The number of nitrogens with one attached hydrogen (secondary N) is 1. The molecule has 0 aromatic rings. The van der Waals surface area contributed by atoms with Gasteiger partial charge in [0.1, 0.15) is 0 Å². The summed E-state index contributed by atoms with van der Waals surface area (Å²) >= 11 is 0. The zero-order chi connectivity index (χ0) is 11.2. The van der Waals surface area contributed by atoms with E-state index in [0.29, 0.717) is 0 Å². The van der Waals surface area contributed by atoms with Gasteiger partial charge in [0.2, 0.25) is 0 Å². The fraction of sp³-hybridized carbons (Fsp3) is 1.00. The highest BCUT2D eigenvalue weighted by atomic mass is 16.5. The van der Waals surface area contributed by atoms with Crippen molar-refractivity contribution in [2.24, 2.45) is 11.8 Å². The third-order valence-corrected chi connectivity index (χ3v) is 4.43. The van der Waals surface area contributed by atoms with Crippen LogP contribution in [0, 0.1) is 11.8 Å². The van der Waals surface area contributed by atoms with Crippen molar-refractivity contribution >= 4 is 0 Å². The molecule has 1 aliphatic heterocycles. The highest BCUT2D eigenvalue weighted by molar-refractivity contribution is 4.77. The molecule has 1 aliphatic carbocycles. The molecule has 1 saturated carbocycles. The second kappa shape index (κ2) is 6.61. The summed E-state index contributed by atoms with van der Waals surface area (Å²) in [5.41, 5.74) is 0. The summed E-state index contributed by atoms with van der Waals surface area (Å²) < 4.78 is 5.40. The van der Waals surface area contributed by atoms with Gasteiger partial charge in [-0.15, -0.1) is 0 Å². The molecule has 2 nitrogen and oxygen atoms in total. The standard InChI is InChI=1S/C14H27NO/c1-12(14-5-3-2-4-6-14)15-11-13-7-9-16-10-8-13/h12-15H,2-11H2,1H3/t12-/m1/s1. The van der Waals surface area contributed by atoms with Crippen LogP contribution in [0.4, 0.5) is 0 Å². The van der Waals surface area contributed by atoms with Gasteiger partial charge in [-0.1, -0.05) is 19.3 Å². The van der Waals surface area contributed by atoms with Crippen LogP contribution in [0.15, 0.2) is 0 Å². The molecule has 0 amide bonds. The van der Waals surface area contributed by atoms with Crippen molar-refractivity contribution in [2.45, 2.75) is 57.9 Å². The first-order valence-corrected chi connectivity index (χ1v) is 7.17. The van der Waals surface area contributed by atoms with Crippen molar-refractivity contribution in [2.75, 3.05) is 19.8 Å². The van der Waals surface area contributed by atoms with Crippen LogP contribution in [-0.4, -0.2) is 25.8 Å². The van der Waals surface area contributed by atoms with E-state index in [1.54, 1.807) is 0 Å². The number of ether oxygens (including phenoxy) is 1. The summed E-state index contributed by atoms with van der Waals surface area (Å²) in [6, 6.07) is 0.725. The van der Waals surface area contributed by atoms with Gasteiger partial charge in [0.25, 0.3) is 0 Å². The highest BCUT2D eigenvalue weighted by Crippen LogP contribution is 2.26. The van der Waals surface area contributed by atoms with Crippen molar-refractivity contribution in [3.05, 3.63) is 0 Å². The molecule has 16 heavy (non-hydrogen) atoms. The molecule has 2 heteroatoms. The fourth-order valence-corrected chi connectivity index (χ4v) is 3.10. The van der Waals surface area contributed by atoms with Gasteiger partial charge in [-0.3, -0.25) is 0 Å². The Kier molecular flexibility index (Phi) is 5.11. The van der Waals surface area contributed by atoms with Crippen molar-refractivity contribution in [1.29, 1.82) is 0 Å². The fourth-order valence-electron chi connectivity index (χ4n) is 3.10. The molecular formula is C14H27NO. The van der Waals surface area contributed by atoms with E-state index >= 15 is 0 Å². The molecule has 1 saturated heterocycles. The van der Waals surface area contributed by atoms with E-state index in [-0.39, 0.29) is 0 Å². The van der Waals surface area contributed by atoms with Crippen LogP contribution >= 0.6 is 0 Å². The van der Waals surface area contributed by atoms with Crippen LogP contribution < -0.4 is 5.32 Å². The van der Waals surface area contributed by atoms with E-state index in [9.17, 15) is 0 Å². The third-order valence-electron chi connectivity index (χ3n) is 4.43. The quantitative estimate of drug-likeness (QED) is 0.794. The smallest absolute Gasteiger partial charge is 0.0469 e. The van der Waals surface area contributed by atoms with Gasteiger partial charge in [-0.25, -0.2) is 0 Å². The first-order chi connectivity index (χ1) is 7.86. The van der Waals surface area contributed by atoms with Gasteiger partial charge in [-0.2, -0.15) is 0 Å². The van der Waals surface area contributed by atoms with Crippen LogP contribution in [0.5, 0.6) is 0 Å². The van der Waals surface area contributed by atoms with Gasteiger partial charge >= 0.3 is 0 Å². The molecule has 94 valence electrons. The first-order valence-electron chi connectivity index (χ1n) is 7.17. The molecule has 1 atom stereocenters. The minimum absolute atomic E-state index is 0.725. The highest BCUT2D eigenvalue weighted by Gasteiger charge is 2.21. The SMILES string of the molecule is C[C@@H](NCC1CCOCC1)C1CCCCC1. The lowest BCUT2D eigenvalue weighted by Crippen LogP contribution is -2.38. The van der Waals surface area contributed by atoms with Crippen LogP contribution in [0.3, 0.4) is 0 Å². The maximum atomic E-state index is 5.40. The van der Waals surface area contributed by atoms with E-state index < -0.39 is 0 Å². The molecule has 0 bridgehead atoms. The second-order valence-electron chi connectivity index (χ2n) is 5.65. The number of hydrogen-bond acceptors (Lipinski definition) is 2. The molecule has 0 aromatic carbocycles. The summed E-state index contributed by atoms with van der Waals surface area (Å²) in [5.74, 6) is 1.80. The van der Waals surface area contributed by atoms with Crippen LogP contribution in [0.1, 0.15) is 51.9 Å². The van der Waals surface area contributed by atoms with E-state index in [1.165, 1.54) is 51.5 Å². The molecule has 2 rings (SSSR count). The normalized spacial score (nSPS) is 26.8. The predicted molar refractivity (Wildman–Crippen MR) is 67.6 cm³/mol. The van der Waals surface area contributed by atoms with Crippen molar-refractivity contribution in [3.63, 3.8) is 0 Å². The molecule has 0 spiro atoms. The van der Waals surface area contributed by atoms with Crippen molar-refractivity contribution in [3.8, 4) is 0 Å². The van der Waals surface area contributed by atoms with E-state index in [4.69, 9.17) is 4.74 Å². The average molecular weight is 225 g/mol. The lowest BCUT2D eigenvalue weighted by Gasteiger charge is -2.30. The van der Waals surface area contributed by atoms with Gasteiger partial charge in [0.15, 0.2) is 0 Å². The molecule has 0 aromatic heterocycles. The predicted octanol–water partition coefficient (Wildman–Crippen LogP) is 2.97. The Balaban J connectivity index is 1.63. The van der Waals surface area contributed by atoms with Gasteiger partial charge in [0, 0.05) is 19.3 Å². The van der Waals surface area contributed by atoms with Crippen LogP contribution in [-0.2, 0) is 4.74 Å². The van der Waals surface area contributed by atoms with E-state index in [0.717, 1.165) is 31.1 Å². The minimum atomic E-state index is 0.725. The summed E-state index contributed by atoms with van der Waals surface area (Å²) in [7, 11) is 0. The average Bonchev–Trinajstić information content (AvgIpc) is 2.38.